The second-order valence-electron chi connectivity index (χ2n) is 4.43. The van der Waals surface area contributed by atoms with Gasteiger partial charge in [-0.1, -0.05) is 12.1 Å². The summed E-state index contributed by atoms with van der Waals surface area (Å²) in [5.74, 6) is -2.78. The molecule has 23 heavy (non-hydrogen) atoms. The summed E-state index contributed by atoms with van der Waals surface area (Å²) in [6.45, 7) is 0. The SMILES string of the molecule is O=C(NNC(=O)C(F)F)c1ccc(Nc2ccccc2F)cc1. The van der Waals surface area contributed by atoms with E-state index in [2.05, 4.69) is 5.32 Å². The van der Waals surface area contributed by atoms with E-state index in [0.29, 0.717) is 5.69 Å². The summed E-state index contributed by atoms with van der Waals surface area (Å²) in [4.78, 5) is 22.3. The summed E-state index contributed by atoms with van der Waals surface area (Å²) in [5.41, 5.74) is 4.39. The van der Waals surface area contributed by atoms with Gasteiger partial charge in [0.1, 0.15) is 5.82 Å². The van der Waals surface area contributed by atoms with Crippen LogP contribution in [0.2, 0.25) is 0 Å². The van der Waals surface area contributed by atoms with Crippen LogP contribution in [0.15, 0.2) is 48.5 Å². The van der Waals surface area contributed by atoms with Crippen molar-refractivity contribution in [3.05, 3.63) is 59.9 Å². The molecule has 0 spiro atoms. The number of hydrogen-bond donors (Lipinski definition) is 3. The number of amides is 2. The van der Waals surface area contributed by atoms with E-state index in [1.807, 2.05) is 5.43 Å². The van der Waals surface area contributed by atoms with Gasteiger partial charge in [0.2, 0.25) is 0 Å². The van der Waals surface area contributed by atoms with Crippen LogP contribution < -0.4 is 16.2 Å². The number of alkyl halides is 2. The van der Waals surface area contributed by atoms with E-state index in [-0.39, 0.29) is 11.3 Å². The Morgan fingerprint density at radius 3 is 2.17 bits per heavy atom. The molecule has 0 atom stereocenters. The fraction of sp³-hybridized carbons (Fsp3) is 0.0667. The zero-order chi connectivity index (χ0) is 16.8. The number of benzene rings is 2. The predicted molar refractivity (Wildman–Crippen MR) is 77.7 cm³/mol. The number of rotatable bonds is 4. The molecule has 0 fully saturated rings. The lowest BCUT2D eigenvalue weighted by molar-refractivity contribution is -0.132. The molecule has 0 radical (unpaired) electrons. The Balaban J connectivity index is 1.98. The maximum Gasteiger partial charge on any atom is 0.317 e. The predicted octanol–water partition coefficient (Wildman–Crippen LogP) is 2.60. The van der Waals surface area contributed by atoms with Crippen molar-refractivity contribution in [3.63, 3.8) is 0 Å². The van der Waals surface area contributed by atoms with E-state index in [4.69, 9.17) is 0 Å². The molecule has 8 heteroatoms. The molecule has 0 unspecified atom stereocenters. The number of hydrogen-bond acceptors (Lipinski definition) is 3. The Bertz CT molecular complexity index is 705. The van der Waals surface area contributed by atoms with Crippen LogP contribution in [0.3, 0.4) is 0 Å². The van der Waals surface area contributed by atoms with Gasteiger partial charge in [-0.05, 0) is 36.4 Å². The Labute approximate surface area is 129 Å². The fourth-order valence-corrected chi connectivity index (χ4v) is 1.67. The highest BCUT2D eigenvalue weighted by Crippen LogP contribution is 2.19. The van der Waals surface area contributed by atoms with Crippen LogP contribution in [0, 0.1) is 5.82 Å². The molecule has 2 rings (SSSR count). The second kappa shape index (κ2) is 7.30. The molecule has 5 nitrogen and oxygen atoms in total. The van der Waals surface area contributed by atoms with Gasteiger partial charge in [0.15, 0.2) is 0 Å². The molecule has 2 aromatic rings. The Morgan fingerprint density at radius 2 is 1.57 bits per heavy atom. The zero-order valence-electron chi connectivity index (χ0n) is 11.6. The minimum Gasteiger partial charge on any atom is -0.353 e. The minimum absolute atomic E-state index is 0.138. The molecule has 0 saturated carbocycles. The quantitative estimate of drug-likeness (QED) is 0.758. The molecular formula is C15H12F3N3O2. The molecule has 0 aliphatic carbocycles. The summed E-state index contributed by atoms with van der Waals surface area (Å²) in [6.07, 6.45) is -3.22. The molecule has 0 saturated heterocycles. The number of nitrogens with one attached hydrogen (secondary N) is 3. The molecule has 0 heterocycles. The highest BCUT2D eigenvalue weighted by molar-refractivity contribution is 5.96. The van der Waals surface area contributed by atoms with Crippen molar-refractivity contribution in [2.45, 2.75) is 6.43 Å². The van der Waals surface area contributed by atoms with Crippen LogP contribution in [-0.4, -0.2) is 18.2 Å². The van der Waals surface area contributed by atoms with Gasteiger partial charge in [-0.3, -0.25) is 20.4 Å². The van der Waals surface area contributed by atoms with Crippen molar-refractivity contribution < 1.29 is 22.8 Å². The zero-order valence-corrected chi connectivity index (χ0v) is 11.6. The smallest absolute Gasteiger partial charge is 0.317 e. The van der Waals surface area contributed by atoms with Crippen molar-refractivity contribution >= 4 is 23.2 Å². The van der Waals surface area contributed by atoms with E-state index in [0.717, 1.165) is 0 Å². The first-order valence-electron chi connectivity index (χ1n) is 6.47. The molecule has 0 aliphatic heterocycles. The summed E-state index contributed by atoms with van der Waals surface area (Å²) in [5, 5.41) is 2.83. The first-order chi connectivity index (χ1) is 11.0. The molecule has 3 N–H and O–H groups in total. The summed E-state index contributed by atoms with van der Waals surface area (Å²) in [7, 11) is 0. The topological polar surface area (TPSA) is 70.2 Å². The average Bonchev–Trinajstić information content (AvgIpc) is 2.55. The number of carbonyl (C=O) groups is 2. The number of halogens is 3. The highest BCUT2D eigenvalue weighted by atomic mass is 19.3. The number of carbonyl (C=O) groups excluding carboxylic acids is 2. The normalized spacial score (nSPS) is 10.3. The molecular weight excluding hydrogens is 311 g/mol. The number of anilines is 2. The van der Waals surface area contributed by atoms with Gasteiger partial charge in [0, 0.05) is 11.3 Å². The molecule has 0 aromatic heterocycles. The largest absolute Gasteiger partial charge is 0.353 e. The molecule has 2 aromatic carbocycles. The van der Waals surface area contributed by atoms with Crippen LogP contribution >= 0.6 is 0 Å². The lowest BCUT2D eigenvalue weighted by atomic mass is 10.2. The van der Waals surface area contributed by atoms with Crippen LogP contribution in [-0.2, 0) is 4.79 Å². The van der Waals surface area contributed by atoms with Gasteiger partial charge in [-0.15, -0.1) is 0 Å². The molecule has 0 aliphatic rings. The van der Waals surface area contributed by atoms with Crippen LogP contribution in [0.4, 0.5) is 24.5 Å². The molecule has 2 amide bonds. The van der Waals surface area contributed by atoms with Crippen molar-refractivity contribution in [1.82, 2.24) is 10.9 Å². The van der Waals surface area contributed by atoms with Crippen molar-refractivity contribution in [1.29, 1.82) is 0 Å². The Morgan fingerprint density at radius 1 is 0.913 bits per heavy atom. The maximum atomic E-state index is 13.5. The molecule has 0 bridgehead atoms. The Kier molecular flexibility index (Phi) is 5.19. The summed E-state index contributed by atoms with van der Waals surface area (Å²) >= 11 is 0. The lowest BCUT2D eigenvalue weighted by Gasteiger charge is -2.09. The van der Waals surface area contributed by atoms with Crippen LogP contribution in [0.25, 0.3) is 0 Å². The van der Waals surface area contributed by atoms with Gasteiger partial charge >= 0.3 is 12.3 Å². The monoisotopic (exact) mass is 323 g/mol. The van der Waals surface area contributed by atoms with E-state index in [1.165, 1.54) is 30.3 Å². The second-order valence-corrected chi connectivity index (χ2v) is 4.43. The maximum absolute atomic E-state index is 13.5. The van der Waals surface area contributed by atoms with Crippen molar-refractivity contribution in [2.24, 2.45) is 0 Å². The van der Waals surface area contributed by atoms with Gasteiger partial charge in [0.25, 0.3) is 5.91 Å². The highest BCUT2D eigenvalue weighted by Gasteiger charge is 2.15. The van der Waals surface area contributed by atoms with E-state index in [9.17, 15) is 22.8 Å². The van der Waals surface area contributed by atoms with E-state index in [1.54, 1.807) is 23.6 Å². The first kappa shape index (κ1) is 16.3. The van der Waals surface area contributed by atoms with Crippen molar-refractivity contribution in [3.8, 4) is 0 Å². The fourth-order valence-electron chi connectivity index (χ4n) is 1.67. The third-order valence-corrected chi connectivity index (χ3v) is 2.80. The summed E-state index contributed by atoms with van der Waals surface area (Å²) < 4.78 is 37.4. The minimum atomic E-state index is -3.22. The average molecular weight is 323 g/mol. The van der Waals surface area contributed by atoms with E-state index < -0.39 is 24.1 Å². The number of para-hydroxylation sites is 1. The molecule has 120 valence electrons. The first-order valence-corrected chi connectivity index (χ1v) is 6.47. The van der Waals surface area contributed by atoms with E-state index >= 15 is 0 Å². The Hall–Kier alpha value is -3.03. The third-order valence-electron chi connectivity index (χ3n) is 2.80. The van der Waals surface area contributed by atoms with Gasteiger partial charge < -0.3 is 5.32 Å². The standard InChI is InChI=1S/C15H12F3N3O2/c16-11-3-1-2-4-12(11)19-10-7-5-9(6-8-10)14(22)20-21-15(23)13(17)18/h1-8,13,19H,(H,20,22)(H,21,23). The van der Waals surface area contributed by atoms with Crippen LogP contribution in [0.5, 0.6) is 0 Å². The van der Waals surface area contributed by atoms with Gasteiger partial charge in [-0.25, -0.2) is 4.39 Å². The van der Waals surface area contributed by atoms with Gasteiger partial charge in [-0.2, -0.15) is 8.78 Å². The summed E-state index contributed by atoms with van der Waals surface area (Å²) in [6, 6.07) is 11.9. The van der Waals surface area contributed by atoms with Gasteiger partial charge in [0.05, 0.1) is 5.69 Å². The lowest BCUT2D eigenvalue weighted by Crippen LogP contribution is -2.44. The number of hydrazine groups is 1. The third kappa shape index (κ3) is 4.47. The van der Waals surface area contributed by atoms with Crippen molar-refractivity contribution in [2.75, 3.05) is 5.32 Å². The van der Waals surface area contributed by atoms with Crippen LogP contribution in [0.1, 0.15) is 10.4 Å².